The molecule has 1 heterocycles. The molecule has 3 saturated carbocycles. The standard InChI is InChI=1S/C90H145N11O22/c1-27-29-31-55(15)76(123-87(118)122-48-121-71(107)33-30-32-70(106)120-47-68(104)90(119)39-37-61-60-35-34-58-44-59(102)36-38-88(58,18)72(60)67(103)45-89(61,90)19)75-80(111)93-62(28-2)82(113)95(20)46-69(105)96(21)63(40-49(3)4)79(110)94-73(53(11)12)85(116)97(22)64(41-50(5)6)78(109)91-56(16)77(108)92-57(17)81(112)98(23)65(42-51(7)8)83(114)99(24)66(43-52(9)10)84(115)100(25)74(54(13)14)86(117)101(75)26/h27,29,36,38,44,49-57,60-67,72-76,103,119H,28,30-35,37,39-43,45-48H2,1-26H3,(H,91,109)(H,92,108)(H,93,111)(H,94,110)/b29-27+/t55-,56?,57?,60?,61?,62?,63+,64?,65?,66?,67+,72?,73?,74?,75?,76?,88+,89+,90+/m1/s1. The lowest BCUT2D eigenvalue weighted by molar-refractivity contribution is -0.181. The highest BCUT2D eigenvalue weighted by Gasteiger charge is 2.68. The van der Waals surface area contributed by atoms with E-state index in [0.29, 0.717) is 19.3 Å². The molecule has 123 heavy (non-hydrogen) atoms. The van der Waals surface area contributed by atoms with Crippen molar-refractivity contribution in [3.63, 3.8) is 0 Å². The van der Waals surface area contributed by atoms with Gasteiger partial charge in [-0.1, -0.05) is 135 Å². The van der Waals surface area contributed by atoms with Crippen molar-refractivity contribution in [3.8, 4) is 0 Å². The van der Waals surface area contributed by atoms with Gasteiger partial charge in [0.05, 0.1) is 12.6 Å². The quantitative estimate of drug-likeness (QED) is 0.0255. The van der Waals surface area contributed by atoms with Crippen LogP contribution in [0.3, 0.4) is 0 Å². The lowest BCUT2D eigenvalue weighted by Gasteiger charge is -2.59. The molecule has 0 aromatic heterocycles. The van der Waals surface area contributed by atoms with E-state index in [4.69, 9.17) is 18.9 Å². The molecule has 5 rings (SSSR count). The van der Waals surface area contributed by atoms with E-state index >= 15 is 19.2 Å². The third-order valence-electron chi connectivity index (χ3n) is 25.9. The molecule has 5 aliphatic rings. The monoisotopic (exact) mass is 1730 g/mol. The second kappa shape index (κ2) is 45.1. The molecule has 33 nitrogen and oxygen atoms in total. The number of rotatable bonds is 25. The van der Waals surface area contributed by atoms with Crippen molar-refractivity contribution in [2.24, 2.45) is 70.0 Å². The van der Waals surface area contributed by atoms with Crippen LogP contribution < -0.4 is 21.3 Å². The van der Waals surface area contributed by atoms with Gasteiger partial charge >= 0.3 is 18.1 Å². The highest BCUT2D eigenvalue weighted by Crippen LogP contribution is 2.67. The number of amides is 11. The number of nitrogens with zero attached hydrogens (tertiary/aromatic N) is 7. The molecule has 0 spiro atoms. The number of carbonyl (C=O) groups is 16. The maximum atomic E-state index is 15.9. The number of ketones is 2. The Morgan fingerprint density at radius 2 is 1.09 bits per heavy atom. The molecule has 0 bridgehead atoms. The topological polar surface area (TPSA) is 421 Å². The number of aliphatic hydroxyl groups excluding tert-OH is 1. The number of ether oxygens (including phenoxy) is 4. The van der Waals surface area contributed by atoms with Crippen LogP contribution in [-0.4, -0.2) is 287 Å². The number of allylic oxidation sites excluding steroid dienone is 6. The number of Topliss-reactive ketones (excluding diaryl/α,β-unsaturated/α-hetero) is 1. The van der Waals surface area contributed by atoms with Crippen LogP contribution in [0.25, 0.3) is 0 Å². The summed E-state index contributed by atoms with van der Waals surface area (Å²) in [7, 11) is 9.48. The summed E-state index contributed by atoms with van der Waals surface area (Å²) in [4.78, 5) is 240. The third kappa shape index (κ3) is 25.6. The number of hydrogen-bond acceptors (Lipinski definition) is 22. The molecule has 0 radical (unpaired) electrons. The Labute approximate surface area is 727 Å². The van der Waals surface area contributed by atoms with Gasteiger partial charge in [-0.25, -0.2) is 4.79 Å². The Kier molecular flexibility index (Phi) is 38.3. The van der Waals surface area contributed by atoms with Gasteiger partial charge in [-0.05, 0) is 163 Å². The number of esters is 2. The fourth-order valence-corrected chi connectivity index (χ4v) is 18.7. The minimum Gasteiger partial charge on any atom is -0.458 e. The van der Waals surface area contributed by atoms with Gasteiger partial charge in [0.25, 0.3) is 0 Å². The van der Waals surface area contributed by atoms with Crippen LogP contribution in [0.1, 0.15) is 221 Å². The van der Waals surface area contributed by atoms with E-state index in [1.54, 1.807) is 73.6 Å². The van der Waals surface area contributed by atoms with E-state index in [1.807, 2.05) is 68.4 Å². The van der Waals surface area contributed by atoms with Gasteiger partial charge in [0.2, 0.25) is 77.6 Å². The zero-order valence-electron chi connectivity index (χ0n) is 77.8. The number of hydrogen-bond donors (Lipinski definition) is 6. The molecular weight excluding hydrogens is 1590 g/mol. The minimum absolute atomic E-state index is 0.0326. The fourth-order valence-electron chi connectivity index (χ4n) is 18.7. The second-order valence-electron chi connectivity index (χ2n) is 37.8. The van der Waals surface area contributed by atoms with Gasteiger partial charge < -0.3 is 84.7 Å². The van der Waals surface area contributed by atoms with Gasteiger partial charge in [0.15, 0.2) is 12.4 Å². The first-order chi connectivity index (χ1) is 57.2. The summed E-state index contributed by atoms with van der Waals surface area (Å²) in [6, 6.07) is -13.7. The molecule has 4 aliphatic carbocycles. The van der Waals surface area contributed by atoms with Gasteiger partial charge in [0.1, 0.15) is 72.1 Å². The molecule has 692 valence electrons. The van der Waals surface area contributed by atoms with E-state index < -0.39 is 222 Å². The first kappa shape index (κ1) is 104. The lowest BCUT2D eigenvalue weighted by Crippen LogP contribution is -2.64. The predicted molar refractivity (Wildman–Crippen MR) is 458 cm³/mol. The summed E-state index contributed by atoms with van der Waals surface area (Å²) in [6.07, 6.45) is 5.57. The van der Waals surface area contributed by atoms with Gasteiger partial charge in [-0.15, -0.1) is 0 Å². The highest BCUT2D eigenvalue weighted by atomic mass is 16.8. The van der Waals surface area contributed by atoms with Crippen molar-refractivity contribution >= 4 is 94.6 Å². The van der Waals surface area contributed by atoms with E-state index in [0.717, 1.165) is 25.2 Å². The van der Waals surface area contributed by atoms with Crippen molar-refractivity contribution in [2.45, 2.75) is 300 Å². The van der Waals surface area contributed by atoms with Crippen molar-refractivity contribution < 1.29 is 106 Å². The minimum atomic E-state index is -1.92. The normalized spacial score (nSPS) is 30.2. The smallest absolute Gasteiger partial charge is 0.458 e. The molecule has 1 saturated heterocycles. The molecule has 1 aliphatic heterocycles. The average molecular weight is 1730 g/mol. The van der Waals surface area contributed by atoms with Crippen molar-refractivity contribution in [1.82, 2.24) is 55.6 Å². The first-order valence-corrected chi connectivity index (χ1v) is 43.9. The molecule has 11 amide bonds. The number of carbonyl (C=O) groups excluding carboxylic acids is 16. The maximum Gasteiger partial charge on any atom is 0.511 e. The molecular formula is C90H145N11O22. The van der Waals surface area contributed by atoms with Crippen LogP contribution >= 0.6 is 0 Å². The zero-order valence-corrected chi connectivity index (χ0v) is 77.8. The molecule has 4 fully saturated rings. The first-order valence-electron chi connectivity index (χ1n) is 43.9. The summed E-state index contributed by atoms with van der Waals surface area (Å²) in [5, 5.41) is 35.0. The zero-order chi connectivity index (χ0) is 93.3. The maximum absolute atomic E-state index is 15.9. The Hall–Kier alpha value is -9.14. The van der Waals surface area contributed by atoms with Gasteiger partial charge in [-0.3, -0.25) is 71.9 Å². The van der Waals surface area contributed by atoms with Crippen LogP contribution in [-0.2, 0) is 90.9 Å². The fraction of sp³-hybridized carbons (Fsp3) is 0.756. The van der Waals surface area contributed by atoms with Crippen LogP contribution in [0.5, 0.6) is 0 Å². The van der Waals surface area contributed by atoms with Gasteiger partial charge in [-0.2, -0.15) is 0 Å². The Bertz CT molecular complexity index is 3910. The van der Waals surface area contributed by atoms with Crippen molar-refractivity contribution in [1.29, 1.82) is 0 Å². The highest BCUT2D eigenvalue weighted by molar-refractivity contribution is 6.02. The van der Waals surface area contributed by atoms with E-state index in [2.05, 4.69) is 21.3 Å². The molecule has 13 unspecified atom stereocenters. The largest absolute Gasteiger partial charge is 0.511 e. The number of fused-ring (bicyclic) bond motifs is 5. The average Bonchev–Trinajstić information content (AvgIpc) is 1.59. The number of nitrogens with one attached hydrogen (secondary N) is 4. The lowest BCUT2D eigenvalue weighted by atomic mass is 9.46. The summed E-state index contributed by atoms with van der Waals surface area (Å²) in [6.45, 7) is 30.3. The van der Waals surface area contributed by atoms with Crippen molar-refractivity contribution in [3.05, 3.63) is 36.0 Å². The second-order valence-corrected chi connectivity index (χ2v) is 37.8. The Morgan fingerprint density at radius 1 is 0.577 bits per heavy atom. The van der Waals surface area contributed by atoms with E-state index in [1.165, 1.54) is 84.0 Å². The molecule has 0 aromatic rings. The summed E-state index contributed by atoms with van der Waals surface area (Å²) < 4.78 is 22.0. The number of aliphatic hydroxyl groups is 2. The number of likely N-dealkylation sites (N-methyl/N-ethyl adjacent to an activating group) is 7. The molecule has 6 N–H and O–H groups in total. The predicted octanol–water partition coefficient (Wildman–Crippen LogP) is 6.22. The van der Waals surface area contributed by atoms with E-state index in [9.17, 15) is 67.7 Å². The van der Waals surface area contributed by atoms with Gasteiger partial charge in [0, 0.05) is 78.9 Å². The molecule has 19 atom stereocenters. The molecule has 33 heteroatoms. The summed E-state index contributed by atoms with van der Waals surface area (Å²) in [5.74, 6) is -14.8. The van der Waals surface area contributed by atoms with Crippen LogP contribution in [0.4, 0.5) is 4.79 Å². The Balaban J connectivity index is 1.49. The van der Waals surface area contributed by atoms with Crippen LogP contribution in [0.15, 0.2) is 36.0 Å². The summed E-state index contributed by atoms with van der Waals surface area (Å²) in [5.41, 5.74) is -2.58. The van der Waals surface area contributed by atoms with E-state index in [-0.39, 0.29) is 111 Å². The Morgan fingerprint density at radius 3 is 1.63 bits per heavy atom. The molecule has 0 aromatic carbocycles. The van der Waals surface area contributed by atoms with Crippen molar-refractivity contribution in [2.75, 3.05) is 69.3 Å². The summed E-state index contributed by atoms with van der Waals surface area (Å²) >= 11 is 0. The third-order valence-corrected chi connectivity index (χ3v) is 25.9. The SMILES string of the molecule is C/C=C/C[C@@H](C)C(OC(=O)OCOC(=O)CCCC(=O)OCC(=O)[C@@]1(O)CCC2C3CCC4=CC(=O)C=C[C@]4(C)C3[C@@H](O)C[C@@]21C)C1C(=O)NC(CC)C(=O)N(C)CC(=O)N(C)[C@@H](CC(C)C)C(=O)NC(C(C)C)C(=O)N(C)C(CC(C)C)C(=O)NC(C)C(=O)NC(C)C(=O)N(C)C(CC(C)C)C(=O)N(C)C(CC(C)C)C(=O)N(C)C(C(C)C)C(=O)N1C. The van der Waals surface area contributed by atoms with Crippen LogP contribution in [0.2, 0.25) is 0 Å². The van der Waals surface area contributed by atoms with Crippen LogP contribution in [0, 0.1) is 70.0 Å².